The van der Waals surface area contributed by atoms with Gasteiger partial charge in [-0.25, -0.2) is 0 Å². The summed E-state index contributed by atoms with van der Waals surface area (Å²) >= 11 is 0. The molecule has 0 amide bonds. The molecule has 0 saturated heterocycles. The Morgan fingerprint density at radius 3 is 2.81 bits per heavy atom. The standard InChI is InChI=1S/C17H22N2O2/c1-11-7-12-8-17(20-2)14(9-16(12)21-11)15(10-18)19-13-5-3-4-6-13/h8-9,11,13,15,19H,3-7H2,1-2H3. The number of nitrogens with zero attached hydrogens (tertiary/aromatic N) is 1. The molecule has 1 aliphatic carbocycles. The maximum atomic E-state index is 9.55. The minimum atomic E-state index is -0.340. The Morgan fingerprint density at radius 2 is 2.14 bits per heavy atom. The summed E-state index contributed by atoms with van der Waals surface area (Å²) in [5.41, 5.74) is 2.06. The monoisotopic (exact) mass is 286 g/mol. The van der Waals surface area contributed by atoms with E-state index in [-0.39, 0.29) is 12.1 Å². The first-order valence-electron chi connectivity index (χ1n) is 7.74. The summed E-state index contributed by atoms with van der Waals surface area (Å²) in [6.07, 6.45) is 5.90. The highest BCUT2D eigenvalue weighted by Gasteiger charge is 2.27. The Kier molecular flexibility index (Phi) is 4.03. The van der Waals surface area contributed by atoms with Gasteiger partial charge in [-0.1, -0.05) is 12.8 Å². The first kappa shape index (κ1) is 14.2. The summed E-state index contributed by atoms with van der Waals surface area (Å²) in [6.45, 7) is 2.06. The lowest BCUT2D eigenvalue weighted by Crippen LogP contribution is -2.30. The van der Waals surface area contributed by atoms with Crippen LogP contribution in [0, 0.1) is 11.3 Å². The van der Waals surface area contributed by atoms with Crippen LogP contribution in [-0.4, -0.2) is 19.3 Å². The Morgan fingerprint density at radius 1 is 1.38 bits per heavy atom. The number of methoxy groups -OCH3 is 1. The third kappa shape index (κ3) is 2.84. The largest absolute Gasteiger partial charge is 0.496 e. The summed E-state index contributed by atoms with van der Waals surface area (Å²) < 4.78 is 11.3. The van der Waals surface area contributed by atoms with E-state index >= 15 is 0 Å². The van der Waals surface area contributed by atoms with Crippen molar-refractivity contribution in [3.63, 3.8) is 0 Å². The molecule has 4 heteroatoms. The molecule has 3 rings (SSSR count). The molecule has 1 aliphatic heterocycles. The fourth-order valence-electron chi connectivity index (χ4n) is 3.38. The van der Waals surface area contributed by atoms with E-state index < -0.39 is 0 Å². The van der Waals surface area contributed by atoms with Crippen LogP contribution in [0.3, 0.4) is 0 Å². The first-order valence-corrected chi connectivity index (χ1v) is 7.74. The maximum absolute atomic E-state index is 9.55. The lowest BCUT2D eigenvalue weighted by atomic mass is 10.0. The topological polar surface area (TPSA) is 54.3 Å². The third-order valence-corrected chi connectivity index (χ3v) is 4.45. The average Bonchev–Trinajstić information content (AvgIpc) is 3.11. The van der Waals surface area contributed by atoms with E-state index in [0.717, 1.165) is 36.3 Å². The molecular formula is C17H22N2O2. The summed E-state index contributed by atoms with van der Waals surface area (Å²) in [6, 6.07) is 6.48. The SMILES string of the molecule is COc1cc2c(cc1C(C#N)NC1CCCC1)OC(C)C2. The molecule has 1 fully saturated rings. The van der Waals surface area contributed by atoms with Crippen LogP contribution in [-0.2, 0) is 6.42 Å². The molecule has 0 bridgehead atoms. The summed E-state index contributed by atoms with van der Waals surface area (Å²) in [4.78, 5) is 0. The van der Waals surface area contributed by atoms with E-state index in [0.29, 0.717) is 6.04 Å². The maximum Gasteiger partial charge on any atom is 0.125 e. The average molecular weight is 286 g/mol. The van der Waals surface area contributed by atoms with E-state index in [1.54, 1.807) is 7.11 Å². The number of hydrogen-bond donors (Lipinski definition) is 1. The molecule has 2 aliphatic rings. The molecule has 4 nitrogen and oxygen atoms in total. The molecule has 0 aromatic heterocycles. The second-order valence-corrected chi connectivity index (χ2v) is 6.04. The highest BCUT2D eigenvalue weighted by Crippen LogP contribution is 2.38. The minimum Gasteiger partial charge on any atom is -0.496 e. The molecular weight excluding hydrogens is 264 g/mol. The second-order valence-electron chi connectivity index (χ2n) is 6.04. The van der Waals surface area contributed by atoms with Gasteiger partial charge in [0.15, 0.2) is 0 Å². The molecule has 0 spiro atoms. The van der Waals surface area contributed by atoms with Crippen LogP contribution in [0.1, 0.15) is 49.8 Å². The van der Waals surface area contributed by atoms with Crippen molar-refractivity contribution < 1.29 is 9.47 Å². The molecule has 1 N–H and O–H groups in total. The zero-order valence-electron chi connectivity index (χ0n) is 12.7. The van der Waals surface area contributed by atoms with Gasteiger partial charge in [0.25, 0.3) is 0 Å². The fraction of sp³-hybridized carbons (Fsp3) is 0.588. The van der Waals surface area contributed by atoms with E-state index in [9.17, 15) is 5.26 Å². The molecule has 1 aromatic rings. The van der Waals surface area contributed by atoms with Gasteiger partial charge in [-0.05, 0) is 31.9 Å². The second kappa shape index (κ2) is 5.95. The van der Waals surface area contributed by atoms with Crippen LogP contribution in [0.2, 0.25) is 0 Å². The van der Waals surface area contributed by atoms with Crippen molar-refractivity contribution in [1.29, 1.82) is 5.26 Å². The summed E-state index contributed by atoms with van der Waals surface area (Å²) in [5, 5.41) is 13.0. The molecule has 2 atom stereocenters. The Balaban J connectivity index is 1.88. The van der Waals surface area contributed by atoms with E-state index in [1.807, 2.05) is 12.1 Å². The zero-order chi connectivity index (χ0) is 14.8. The Labute approximate surface area is 126 Å². The highest BCUT2D eigenvalue weighted by atomic mass is 16.5. The Hall–Kier alpha value is -1.73. The molecule has 1 saturated carbocycles. The van der Waals surface area contributed by atoms with Gasteiger partial charge in [-0.15, -0.1) is 0 Å². The van der Waals surface area contributed by atoms with Gasteiger partial charge in [0, 0.05) is 23.6 Å². The van der Waals surface area contributed by atoms with Crippen molar-refractivity contribution in [2.24, 2.45) is 0 Å². The smallest absolute Gasteiger partial charge is 0.125 e. The van der Waals surface area contributed by atoms with Crippen LogP contribution in [0.15, 0.2) is 12.1 Å². The molecule has 2 unspecified atom stereocenters. The van der Waals surface area contributed by atoms with Gasteiger partial charge in [-0.3, -0.25) is 5.32 Å². The number of hydrogen-bond acceptors (Lipinski definition) is 4. The molecule has 112 valence electrons. The van der Waals surface area contributed by atoms with Crippen molar-refractivity contribution in [3.05, 3.63) is 23.3 Å². The van der Waals surface area contributed by atoms with Gasteiger partial charge < -0.3 is 9.47 Å². The number of fused-ring (bicyclic) bond motifs is 1. The van der Waals surface area contributed by atoms with Crippen LogP contribution in [0.5, 0.6) is 11.5 Å². The Bertz CT molecular complexity index is 559. The lowest BCUT2D eigenvalue weighted by molar-refractivity contribution is 0.254. The summed E-state index contributed by atoms with van der Waals surface area (Å²) in [7, 11) is 1.66. The number of nitrogens with one attached hydrogen (secondary N) is 1. The zero-order valence-corrected chi connectivity index (χ0v) is 12.7. The van der Waals surface area contributed by atoms with Crippen LogP contribution in [0.4, 0.5) is 0 Å². The molecule has 0 radical (unpaired) electrons. The van der Waals surface area contributed by atoms with Gasteiger partial charge in [0.05, 0.1) is 13.2 Å². The van der Waals surface area contributed by atoms with Gasteiger partial charge >= 0.3 is 0 Å². The van der Waals surface area contributed by atoms with Crippen LogP contribution >= 0.6 is 0 Å². The van der Waals surface area contributed by atoms with Gasteiger partial charge in [0.2, 0.25) is 0 Å². The van der Waals surface area contributed by atoms with Crippen molar-refractivity contribution in [3.8, 4) is 17.6 Å². The van der Waals surface area contributed by atoms with E-state index in [2.05, 4.69) is 18.3 Å². The third-order valence-electron chi connectivity index (χ3n) is 4.45. The van der Waals surface area contributed by atoms with E-state index in [4.69, 9.17) is 9.47 Å². The van der Waals surface area contributed by atoms with Crippen molar-refractivity contribution >= 4 is 0 Å². The molecule has 1 heterocycles. The van der Waals surface area contributed by atoms with Crippen LogP contribution in [0.25, 0.3) is 0 Å². The normalized spacial score (nSPS) is 22.4. The van der Waals surface area contributed by atoms with Crippen molar-refractivity contribution in [2.45, 2.75) is 57.2 Å². The number of benzene rings is 1. The lowest BCUT2D eigenvalue weighted by Gasteiger charge is -2.20. The predicted octanol–water partition coefficient (Wildman–Crippen LogP) is 3.12. The molecule has 21 heavy (non-hydrogen) atoms. The van der Waals surface area contributed by atoms with Crippen molar-refractivity contribution in [2.75, 3.05) is 7.11 Å². The number of ether oxygens (including phenoxy) is 2. The van der Waals surface area contributed by atoms with Crippen LogP contribution < -0.4 is 14.8 Å². The van der Waals surface area contributed by atoms with Gasteiger partial charge in [-0.2, -0.15) is 5.26 Å². The highest BCUT2D eigenvalue weighted by molar-refractivity contribution is 5.51. The minimum absolute atomic E-state index is 0.197. The fourth-order valence-corrected chi connectivity index (χ4v) is 3.38. The predicted molar refractivity (Wildman–Crippen MR) is 80.5 cm³/mol. The number of nitriles is 1. The van der Waals surface area contributed by atoms with E-state index in [1.165, 1.54) is 18.4 Å². The number of rotatable bonds is 4. The quantitative estimate of drug-likeness (QED) is 0.924. The summed E-state index contributed by atoms with van der Waals surface area (Å²) in [5.74, 6) is 1.68. The molecule has 1 aromatic carbocycles. The van der Waals surface area contributed by atoms with Gasteiger partial charge in [0.1, 0.15) is 23.6 Å². The first-order chi connectivity index (χ1) is 10.2. The van der Waals surface area contributed by atoms with Crippen molar-refractivity contribution in [1.82, 2.24) is 5.32 Å².